The molecule has 1 N–H and O–H groups in total. The minimum absolute atomic E-state index is 0.0323. The first kappa shape index (κ1) is 17.9. The molecular formula is C19H19BrN2O2S. The van der Waals surface area contributed by atoms with Gasteiger partial charge in [-0.15, -0.1) is 0 Å². The van der Waals surface area contributed by atoms with Crippen molar-refractivity contribution < 1.29 is 8.42 Å². The topological polar surface area (TPSA) is 59.1 Å². The van der Waals surface area contributed by atoms with Crippen molar-refractivity contribution in [3.05, 3.63) is 70.8 Å². The van der Waals surface area contributed by atoms with Crippen LogP contribution in [0.15, 0.2) is 65.3 Å². The van der Waals surface area contributed by atoms with E-state index in [9.17, 15) is 8.42 Å². The van der Waals surface area contributed by atoms with Crippen LogP contribution in [-0.2, 0) is 15.4 Å². The zero-order valence-corrected chi connectivity index (χ0v) is 16.4. The van der Waals surface area contributed by atoms with E-state index in [-0.39, 0.29) is 5.75 Å². The van der Waals surface area contributed by atoms with Gasteiger partial charge in [0.05, 0.1) is 23.2 Å². The van der Waals surface area contributed by atoms with E-state index < -0.39 is 15.4 Å². The Morgan fingerprint density at radius 1 is 1.08 bits per heavy atom. The van der Waals surface area contributed by atoms with Crippen LogP contribution >= 0.6 is 15.9 Å². The highest BCUT2D eigenvalue weighted by Gasteiger charge is 2.29. The SMILES string of the molecule is CC(C)(CS(=O)(=O)Nc1cnc2ccccc2c1)c1ccccc1Br. The Labute approximate surface area is 156 Å². The fourth-order valence-corrected chi connectivity index (χ4v) is 5.38. The van der Waals surface area contributed by atoms with E-state index in [1.807, 2.05) is 62.4 Å². The largest absolute Gasteiger partial charge is 0.282 e. The molecule has 0 unspecified atom stereocenters. The highest BCUT2D eigenvalue weighted by molar-refractivity contribution is 9.10. The molecule has 0 aliphatic carbocycles. The quantitative estimate of drug-likeness (QED) is 0.651. The molecule has 0 saturated carbocycles. The Balaban J connectivity index is 1.84. The van der Waals surface area contributed by atoms with Gasteiger partial charge in [0, 0.05) is 15.3 Å². The lowest BCUT2D eigenvalue weighted by atomic mass is 9.87. The predicted molar refractivity (Wildman–Crippen MR) is 106 cm³/mol. The van der Waals surface area contributed by atoms with Gasteiger partial charge in [0.25, 0.3) is 0 Å². The molecule has 25 heavy (non-hydrogen) atoms. The Morgan fingerprint density at radius 2 is 1.76 bits per heavy atom. The molecule has 130 valence electrons. The van der Waals surface area contributed by atoms with Crippen LogP contribution in [0, 0.1) is 0 Å². The molecule has 0 bridgehead atoms. The molecule has 3 rings (SSSR count). The van der Waals surface area contributed by atoms with Gasteiger partial charge in [-0.05, 0) is 23.8 Å². The maximum Gasteiger partial charge on any atom is 0.233 e. The standard InChI is InChI=1S/C19H19BrN2O2S/c1-19(2,16-8-4-5-9-17(16)20)13-25(23,24)22-15-11-14-7-3-6-10-18(14)21-12-15/h3-12,22H,13H2,1-2H3. The third-order valence-electron chi connectivity index (χ3n) is 4.02. The van der Waals surface area contributed by atoms with Gasteiger partial charge in [-0.25, -0.2) is 8.42 Å². The zero-order valence-electron chi connectivity index (χ0n) is 14.0. The third kappa shape index (κ3) is 4.19. The second-order valence-corrected chi connectivity index (χ2v) is 9.22. The summed E-state index contributed by atoms with van der Waals surface area (Å²) < 4.78 is 28.9. The maximum absolute atomic E-state index is 12.7. The average molecular weight is 419 g/mol. The smallest absolute Gasteiger partial charge is 0.233 e. The van der Waals surface area contributed by atoms with Crippen molar-refractivity contribution in [2.75, 3.05) is 10.5 Å². The van der Waals surface area contributed by atoms with Gasteiger partial charge >= 0.3 is 0 Å². The van der Waals surface area contributed by atoms with E-state index >= 15 is 0 Å². The second kappa shape index (κ2) is 6.77. The van der Waals surface area contributed by atoms with Crippen molar-refractivity contribution in [3.8, 4) is 0 Å². The number of para-hydroxylation sites is 1. The van der Waals surface area contributed by atoms with Crippen LogP contribution in [0.4, 0.5) is 5.69 Å². The maximum atomic E-state index is 12.7. The summed E-state index contributed by atoms with van der Waals surface area (Å²) in [5, 5.41) is 0.896. The van der Waals surface area contributed by atoms with E-state index in [0.29, 0.717) is 5.69 Å². The first-order valence-electron chi connectivity index (χ1n) is 7.87. The summed E-state index contributed by atoms with van der Waals surface area (Å²) in [6.45, 7) is 3.84. The van der Waals surface area contributed by atoms with Gasteiger partial charge in [0.1, 0.15) is 0 Å². The molecule has 0 spiro atoms. The van der Waals surface area contributed by atoms with Crippen LogP contribution in [0.5, 0.6) is 0 Å². The molecule has 4 nitrogen and oxygen atoms in total. The van der Waals surface area contributed by atoms with Crippen LogP contribution < -0.4 is 4.72 Å². The predicted octanol–water partition coefficient (Wildman–Crippen LogP) is 4.72. The molecule has 0 aliphatic heterocycles. The highest BCUT2D eigenvalue weighted by Crippen LogP contribution is 2.31. The Morgan fingerprint density at radius 3 is 2.52 bits per heavy atom. The number of nitrogens with zero attached hydrogens (tertiary/aromatic N) is 1. The molecule has 6 heteroatoms. The van der Waals surface area contributed by atoms with E-state index in [2.05, 4.69) is 25.6 Å². The monoisotopic (exact) mass is 418 g/mol. The van der Waals surface area contributed by atoms with Gasteiger partial charge in [0.15, 0.2) is 0 Å². The van der Waals surface area contributed by atoms with E-state index in [1.54, 1.807) is 12.3 Å². The molecule has 0 fully saturated rings. The number of pyridine rings is 1. The number of aromatic nitrogens is 1. The fraction of sp³-hybridized carbons (Fsp3) is 0.211. The van der Waals surface area contributed by atoms with Gasteiger partial charge in [-0.2, -0.15) is 0 Å². The lowest BCUT2D eigenvalue weighted by Gasteiger charge is -2.26. The number of nitrogens with one attached hydrogen (secondary N) is 1. The summed E-state index contributed by atoms with van der Waals surface area (Å²) in [6.07, 6.45) is 1.55. The number of rotatable bonds is 5. The number of benzene rings is 2. The van der Waals surface area contributed by atoms with E-state index in [0.717, 1.165) is 20.9 Å². The molecule has 3 aromatic rings. The number of hydrogen-bond acceptors (Lipinski definition) is 3. The summed E-state index contributed by atoms with van der Waals surface area (Å²) in [5.41, 5.74) is 1.72. The highest BCUT2D eigenvalue weighted by atomic mass is 79.9. The number of halogens is 1. The van der Waals surface area contributed by atoms with Crippen LogP contribution in [0.3, 0.4) is 0 Å². The van der Waals surface area contributed by atoms with Crippen LogP contribution in [0.25, 0.3) is 10.9 Å². The first-order chi connectivity index (χ1) is 11.8. The molecule has 1 heterocycles. The van der Waals surface area contributed by atoms with E-state index in [4.69, 9.17) is 0 Å². The lowest BCUT2D eigenvalue weighted by Crippen LogP contribution is -2.32. The minimum atomic E-state index is -3.54. The summed E-state index contributed by atoms with van der Waals surface area (Å²) in [7, 11) is -3.54. The fourth-order valence-electron chi connectivity index (χ4n) is 2.91. The number of fused-ring (bicyclic) bond motifs is 1. The first-order valence-corrected chi connectivity index (χ1v) is 10.3. The van der Waals surface area contributed by atoms with Gasteiger partial charge < -0.3 is 0 Å². The van der Waals surface area contributed by atoms with Crippen LogP contribution in [-0.4, -0.2) is 19.2 Å². The lowest BCUT2D eigenvalue weighted by molar-refractivity contribution is 0.550. The summed E-state index contributed by atoms with van der Waals surface area (Å²) in [6, 6.07) is 17.1. The average Bonchev–Trinajstić information content (AvgIpc) is 2.53. The van der Waals surface area contributed by atoms with E-state index in [1.165, 1.54) is 0 Å². The Hall–Kier alpha value is -1.92. The molecule has 0 saturated heterocycles. The van der Waals surface area contributed by atoms with Crippen molar-refractivity contribution in [2.24, 2.45) is 0 Å². The minimum Gasteiger partial charge on any atom is -0.282 e. The van der Waals surface area contributed by atoms with Crippen molar-refractivity contribution >= 4 is 42.5 Å². The summed E-state index contributed by atoms with van der Waals surface area (Å²) in [4.78, 5) is 4.30. The second-order valence-electron chi connectivity index (χ2n) is 6.64. The molecule has 0 atom stereocenters. The number of sulfonamides is 1. The normalized spacial score (nSPS) is 12.3. The van der Waals surface area contributed by atoms with Crippen LogP contribution in [0.1, 0.15) is 19.4 Å². The van der Waals surface area contributed by atoms with Crippen molar-refractivity contribution in [2.45, 2.75) is 19.3 Å². The Kier molecular flexibility index (Phi) is 4.84. The van der Waals surface area contributed by atoms with Gasteiger partial charge in [-0.3, -0.25) is 9.71 Å². The molecule has 0 radical (unpaired) electrons. The number of hydrogen-bond donors (Lipinski definition) is 1. The molecule has 0 aliphatic rings. The van der Waals surface area contributed by atoms with Crippen molar-refractivity contribution in [3.63, 3.8) is 0 Å². The van der Waals surface area contributed by atoms with Crippen molar-refractivity contribution in [1.82, 2.24) is 4.98 Å². The molecule has 2 aromatic carbocycles. The number of anilines is 1. The third-order valence-corrected chi connectivity index (χ3v) is 6.36. The summed E-state index contributed by atoms with van der Waals surface area (Å²) >= 11 is 3.51. The van der Waals surface area contributed by atoms with Gasteiger partial charge in [-0.1, -0.05) is 66.2 Å². The summed E-state index contributed by atoms with van der Waals surface area (Å²) in [5.74, 6) is -0.0323. The molecular weight excluding hydrogens is 400 g/mol. The van der Waals surface area contributed by atoms with Gasteiger partial charge in [0.2, 0.25) is 10.0 Å². The zero-order chi connectivity index (χ0) is 18.1. The Bertz CT molecular complexity index is 1020. The van der Waals surface area contributed by atoms with Crippen LogP contribution in [0.2, 0.25) is 0 Å². The molecule has 0 amide bonds. The van der Waals surface area contributed by atoms with Crippen molar-refractivity contribution in [1.29, 1.82) is 0 Å². The molecule has 1 aromatic heterocycles.